The Bertz CT molecular complexity index is 286. The van der Waals surface area contributed by atoms with E-state index in [-0.39, 0.29) is 0 Å². The Balaban J connectivity index is 2.03. The summed E-state index contributed by atoms with van der Waals surface area (Å²) in [5.74, 6) is 0.897. The standard InChI is InChI=1S/C13H23N3/c1-3-4-5-6-7-8-9-15-13-11-14-10-12(2)16-13/h10-11H,3-9H2,1-2H3,(H,15,16). The number of aryl methyl sites for hydroxylation is 1. The first kappa shape index (κ1) is 12.9. The molecule has 0 atom stereocenters. The molecule has 1 heterocycles. The number of nitrogens with zero attached hydrogens (tertiary/aromatic N) is 2. The van der Waals surface area contributed by atoms with Crippen LogP contribution in [0.1, 0.15) is 51.1 Å². The van der Waals surface area contributed by atoms with E-state index in [1.807, 2.05) is 6.92 Å². The second-order valence-electron chi connectivity index (χ2n) is 4.24. The van der Waals surface area contributed by atoms with Crippen LogP contribution in [0.5, 0.6) is 0 Å². The average molecular weight is 221 g/mol. The van der Waals surface area contributed by atoms with Gasteiger partial charge in [-0.1, -0.05) is 39.0 Å². The van der Waals surface area contributed by atoms with Crippen LogP contribution in [-0.2, 0) is 0 Å². The number of anilines is 1. The molecule has 0 aromatic carbocycles. The second kappa shape index (κ2) is 8.08. The zero-order chi connectivity index (χ0) is 11.6. The van der Waals surface area contributed by atoms with E-state index < -0.39 is 0 Å². The molecule has 3 nitrogen and oxygen atoms in total. The molecule has 90 valence electrons. The molecule has 0 radical (unpaired) electrons. The van der Waals surface area contributed by atoms with E-state index in [0.29, 0.717) is 0 Å². The smallest absolute Gasteiger partial charge is 0.144 e. The van der Waals surface area contributed by atoms with Crippen LogP contribution < -0.4 is 5.32 Å². The number of hydrogen-bond donors (Lipinski definition) is 1. The van der Waals surface area contributed by atoms with E-state index in [2.05, 4.69) is 22.2 Å². The van der Waals surface area contributed by atoms with Gasteiger partial charge in [0.05, 0.1) is 11.9 Å². The molecule has 0 saturated carbocycles. The molecule has 0 amide bonds. The summed E-state index contributed by atoms with van der Waals surface area (Å²) in [6.07, 6.45) is 11.5. The Kier molecular flexibility index (Phi) is 6.54. The molecule has 1 rings (SSSR count). The topological polar surface area (TPSA) is 37.8 Å². The van der Waals surface area contributed by atoms with Gasteiger partial charge in [-0.3, -0.25) is 4.98 Å². The fourth-order valence-electron chi connectivity index (χ4n) is 1.67. The van der Waals surface area contributed by atoms with Crippen molar-refractivity contribution in [3.8, 4) is 0 Å². The van der Waals surface area contributed by atoms with Crippen LogP contribution in [0, 0.1) is 6.92 Å². The van der Waals surface area contributed by atoms with Crippen molar-refractivity contribution in [2.75, 3.05) is 11.9 Å². The fourth-order valence-corrected chi connectivity index (χ4v) is 1.67. The van der Waals surface area contributed by atoms with E-state index in [4.69, 9.17) is 0 Å². The highest BCUT2D eigenvalue weighted by molar-refractivity contribution is 5.31. The molecule has 1 aromatic heterocycles. The van der Waals surface area contributed by atoms with Crippen molar-refractivity contribution in [3.63, 3.8) is 0 Å². The molecule has 0 aliphatic carbocycles. The molecule has 3 heteroatoms. The van der Waals surface area contributed by atoms with Crippen molar-refractivity contribution in [1.82, 2.24) is 9.97 Å². The minimum absolute atomic E-state index is 0.897. The molecule has 0 fully saturated rings. The van der Waals surface area contributed by atoms with Gasteiger partial charge in [0.25, 0.3) is 0 Å². The predicted octanol–water partition coefficient (Wildman–Crippen LogP) is 3.56. The van der Waals surface area contributed by atoms with Crippen molar-refractivity contribution in [1.29, 1.82) is 0 Å². The van der Waals surface area contributed by atoms with Gasteiger partial charge in [0.2, 0.25) is 0 Å². The summed E-state index contributed by atoms with van der Waals surface area (Å²) in [6, 6.07) is 0. The summed E-state index contributed by atoms with van der Waals surface area (Å²) in [4.78, 5) is 8.45. The van der Waals surface area contributed by atoms with Crippen LogP contribution in [-0.4, -0.2) is 16.5 Å². The quantitative estimate of drug-likeness (QED) is 0.682. The fraction of sp³-hybridized carbons (Fsp3) is 0.692. The highest BCUT2D eigenvalue weighted by Gasteiger charge is 1.94. The molecule has 16 heavy (non-hydrogen) atoms. The SMILES string of the molecule is CCCCCCCCNc1cncc(C)n1. The molecule has 1 N–H and O–H groups in total. The van der Waals surface area contributed by atoms with Crippen molar-refractivity contribution in [2.24, 2.45) is 0 Å². The van der Waals surface area contributed by atoms with Gasteiger partial charge in [0.15, 0.2) is 0 Å². The van der Waals surface area contributed by atoms with Crippen molar-refractivity contribution < 1.29 is 0 Å². The minimum atomic E-state index is 0.897. The third kappa shape index (κ3) is 5.69. The molecule has 1 aromatic rings. The minimum Gasteiger partial charge on any atom is -0.369 e. The van der Waals surface area contributed by atoms with E-state index in [1.165, 1.54) is 38.5 Å². The molecule has 0 saturated heterocycles. The summed E-state index contributed by atoms with van der Waals surface area (Å²) < 4.78 is 0. The van der Waals surface area contributed by atoms with Crippen LogP contribution in [0.15, 0.2) is 12.4 Å². The van der Waals surface area contributed by atoms with E-state index in [1.54, 1.807) is 12.4 Å². The summed E-state index contributed by atoms with van der Waals surface area (Å²) in [6.45, 7) is 5.21. The summed E-state index contributed by atoms with van der Waals surface area (Å²) in [7, 11) is 0. The predicted molar refractivity (Wildman–Crippen MR) is 68.6 cm³/mol. The second-order valence-corrected chi connectivity index (χ2v) is 4.24. The molecular formula is C13H23N3. The van der Waals surface area contributed by atoms with Gasteiger partial charge in [-0.2, -0.15) is 0 Å². The lowest BCUT2D eigenvalue weighted by molar-refractivity contribution is 0.616. The number of nitrogens with one attached hydrogen (secondary N) is 1. The molecule has 0 aliphatic rings. The first-order valence-electron chi connectivity index (χ1n) is 6.35. The van der Waals surface area contributed by atoms with Gasteiger partial charge in [0, 0.05) is 12.7 Å². The molecule has 0 bridgehead atoms. The maximum absolute atomic E-state index is 4.35. The maximum Gasteiger partial charge on any atom is 0.144 e. The first-order valence-corrected chi connectivity index (χ1v) is 6.35. The van der Waals surface area contributed by atoms with Gasteiger partial charge in [0.1, 0.15) is 5.82 Å². The maximum atomic E-state index is 4.35. The van der Waals surface area contributed by atoms with Crippen molar-refractivity contribution >= 4 is 5.82 Å². The van der Waals surface area contributed by atoms with Crippen molar-refractivity contribution in [2.45, 2.75) is 52.4 Å². The normalized spacial score (nSPS) is 10.4. The van der Waals surface area contributed by atoms with Crippen molar-refractivity contribution in [3.05, 3.63) is 18.1 Å². The number of hydrogen-bond acceptors (Lipinski definition) is 3. The van der Waals surface area contributed by atoms with Gasteiger partial charge >= 0.3 is 0 Å². The highest BCUT2D eigenvalue weighted by atomic mass is 15.0. The lowest BCUT2D eigenvalue weighted by atomic mass is 10.1. The Labute approximate surface area is 98.7 Å². The summed E-state index contributed by atoms with van der Waals surface area (Å²) in [5, 5.41) is 3.30. The van der Waals surface area contributed by atoms with Crippen LogP contribution in [0.4, 0.5) is 5.82 Å². The number of unbranched alkanes of at least 4 members (excludes halogenated alkanes) is 5. The Hall–Kier alpha value is -1.12. The summed E-state index contributed by atoms with van der Waals surface area (Å²) >= 11 is 0. The zero-order valence-corrected chi connectivity index (χ0v) is 10.5. The van der Waals surface area contributed by atoms with Gasteiger partial charge in [-0.05, 0) is 13.3 Å². The number of rotatable bonds is 8. The molecular weight excluding hydrogens is 198 g/mol. The lowest BCUT2D eigenvalue weighted by Crippen LogP contribution is -2.04. The van der Waals surface area contributed by atoms with Gasteiger partial charge in [-0.15, -0.1) is 0 Å². The highest BCUT2D eigenvalue weighted by Crippen LogP contribution is 2.06. The van der Waals surface area contributed by atoms with Gasteiger partial charge < -0.3 is 5.32 Å². The van der Waals surface area contributed by atoms with Crippen LogP contribution >= 0.6 is 0 Å². The lowest BCUT2D eigenvalue weighted by Gasteiger charge is -2.05. The molecule has 0 spiro atoms. The van der Waals surface area contributed by atoms with E-state index in [9.17, 15) is 0 Å². The van der Waals surface area contributed by atoms with Crippen LogP contribution in [0.3, 0.4) is 0 Å². The Morgan fingerprint density at radius 2 is 1.81 bits per heavy atom. The third-order valence-electron chi connectivity index (χ3n) is 2.59. The number of aromatic nitrogens is 2. The Morgan fingerprint density at radius 3 is 2.56 bits per heavy atom. The first-order chi connectivity index (χ1) is 7.83. The average Bonchev–Trinajstić information content (AvgIpc) is 2.28. The molecule has 0 unspecified atom stereocenters. The zero-order valence-electron chi connectivity index (χ0n) is 10.5. The van der Waals surface area contributed by atoms with E-state index >= 15 is 0 Å². The largest absolute Gasteiger partial charge is 0.369 e. The molecule has 0 aliphatic heterocycles. The Morgan fingerprint density at radius 1 is 1.06 bits per heavy atom. The third-order valence-corrected chi connectivity index (χ3v) is 2.59. The van der Waals surface area contributed by atoms with Gasteiger partial charge in [-0.25, -0.2) is 4.98 Å². The summed E-state index contributed by atoms with van der Waals surface area (Å²) in [5.41, 5.74) is 0.966. The van der Waals surface area contributed by atoms with Crippen LogP contribution in [0.2, 0.25) is 0 Å². The van der Waals surface area contributed by atoms with Crippen LogP contribution in [0.25, 0.3) is 0 Å². The monoisotopic (exact) mass is 221 g/mol. The van der Waals surface area contributed by atoms with E-state index in [0.717, 1.165) is 18.1 Å².